The van der Waals surface area contributed by atoms with Gasteiger partial charge in [-0.15, -0.1) is 0 Å². The minimum absolute atomic E-state index is 0.0610. The Labute approximate surface area is 144 Å². The number of hydrogen-bond acceptors (Lipinski definition) is 5. The lowest BCUT2D eigenvalue weighted by Gasteiger charge is -2.34. The molecule has 0 radical (unpaired) electrons. The van der Waals surface area contributed by atoms with Crippen molar-refractivity contribution in [1.29, 1.82) is 0 Å². The number of nitrogens with zero attached hydrogens (tertiary/aromatic N) is 1. The molecule has 1 fully saturated rings. The quantitative estimate of drug-likeness (QED) is 0.856. The van der Waals surface area contributed by atoms with Crippen molar-refractivity contribution in [3.8, 4) is 0 Å². The van der Waals surface area contributed by atoms with Gasteiger partial charge >= 0.3 is 6.09 Å². The summed E-state index contributed by atoms with van der Waals surface area (Å²) in [5.74, 6) is 1.94. The molecule has 1 saturated carbocycles. The van der Waals surface area contributed by atoms with Gasteiger partial charge in [-0.25, -0.2) is 9.78 Å². The molecule has 3 atom stereocenters. The highest BCUT2D eigenvalue weighted by atomic mass is 16.6. The number of aryl methyl sites for hydroxylation is 1. The number of amides is 1. The fourth-order valence-corrected chi connectivity index (χ4v) is 3.16. The minimum atomic E-state index is -0.467. The number of nitrogens with one attached hydrogen (secondary N) is 2. The molecule has 1 amide bonds. The summed E-state index contributed by atoms with van der Waals surface area (Å²) >= 11 is 0. The highest BCUT2D eigenvalue weighted by Gasteiger charge is 2.28. The molecule has 6 nitrogen and oxygen atoms in total. The van der Waals surface area contributed by atoms with Crippen LogP contribution in [-0.4, -0.2) is 29.3 Å². The van der Waals surface area contributed by atoms with Crippen molar-refractivity contribution < 1.29 is 13.9 Å². The first-order valence-corrected chi connectivity index (χ1v) is 8.90. The predicted molar refractivity (Wildman–Crippen MR) is 92.8 cm³/mol. The van der Waals surface area contributed by atoms with Crippen molar-refractivity contribution in [2.75, 3.05) is 6.54 Å². The fraction of sp³-hybridized carbons (Fsp3) is 0.778. The second kappa shape index (κ2) is 8.01. The maximum atomic E-state index is 11.9. The molecular weight excluding hydrogens is 306 g/mol. The van der Waals surface area contributed by atoms with Crippen LogP contribution in [-0.2, 0) is 4.74 Å². The summed E-state index contributed by atoms with van der Waals surface area (Å²) in [5.41, 5.74) is -0.467. The van der Waals surface area contributed by atoms with E-state index in [-0.39, 0.29) is 12.1 Å². The molecule has 0 spiro atoms. The summed E-state index contributed by atoms with van der Waals surface area (Å²) in [4.78, 5) is 16.2. The molecule has 1 heterocycles. The van der Waals surface area contributed by atoms with E-state index in [9.17, 15) is 4.79 Å². The smallest absolute Gasteiger partial charge is 0.407 e. The third-order valence-electron chi connectivity index (χ3n) is 4.29. The average molecular weight is 337 g/mol. The Kier molecular flexibility index (Phi) is 6.27. The number of rotatable bonds is 5. The van der Waals surface area contributed by atoms with Crippen molar-refractivity contribution in [2.45, 2.75) is 78.0 Å². The van der Waals surface area contributed by atoms with Crippen LogP contribution in [0.4, 0.5) is 4.79 Å². The van der Waals surface area contributed by atoms with Crippen molar-refractivity contribution >= 4 is 6.09 Å². The topological polar surface area (TPSA) is 76.4 Å². The number of aromatic nitrogens is 1. The summed E-state index contributed by atoms with van der Waals surface area (Å²) in [7, 11) is 0. The molecule has 0 saturated heterocycles. The SMILES string of the molecule is Cc1cnc(C(C)NC2CCCCC2CNC(=O)OC(C)(C)C)o1. The first-order valence-electron chi connectivity index (χ1n) is 8.90. The lowest BCUT2D eigenvalue weighted by atomic mass is 9.84. The largest absolute Gasteiger partial charge is 0.444 e. The van der Waals surface area contributed by atoms with E-state index in [2.05, 4.69) is 22.5 Å². The molecule has 136 valence electrons. The summed E-state index contributed by atoms with van der Waals surface area (Å²) in [6.45, 7) is 10.2. The van der Waals surface area contributed by atoms with Crippen LogP contribution in [0.15, 0.2) is 10.6 Å². The van der Waals surface area contributed by atoms with Gasteiger partial charge in [0, 0.05) is 12.6 Å². The third kappa shape index (κ3) is 5.82. The Morgan fingerprint density at radius 2 is 2.12 bits per heavy atom. The van der Waals surface area contributed by atoms with Crippen LogP contribution in [0.25, 0.3) is 0 Å². The molecule has 1 aliphatic rings. The van der Waals surface area contributed by atoms with Crippen LogP contribution in [0.2, 0.25) is 0 Å². The molecule has 1 aromatic rings. The first-order chi connectivity index (χ1) is 11.2. The van der Waals surface area contributed by atoms with Crippen molar-refractivity contribution in [3.63, 3.8) is 0 Å². The Morgan fingerprint density at radius 1 is 1.42 bits per heavy atom. The number of hydrogen-bond donors (Lipinski definition) is 2. The molecule has 3 unspecified atom stereocenters. The van der Waals surface area contributed by atoms with Gasteiger partial charge < -0.3 is 19.8 Å². The van der Waals surface area contributed by atoms with Gasteiger partial charge in [-0.05, 0) is 53.4 Å². The summed E-state index contributed by atoms with van der Waals surface area (Å²) < 4.78 is 10.9. The van der Waals surface area contributed by atoms with E-state index in [1.807, 2.05) is 27.7 Å². The van der Waals surface area contributed by atoms with E-state index < -0.39 is 5.60 Å². The van der Waals surface area contributed by atoms with Crippen LogP contribution >= 0.6 is 0 Å². The molecule has 6 heteroatoms. The second-order valence-electron chi connectivity index (χ2n) is 7.73. The van der Waals surface area contributed by atoms with Gasteiger partial charge in [0.2, 0.25) is 5.89 Å². The van der Waals surface area contributed by atoms with E-state index in [1.165, 1.54) is 12.8 Å². The van der Waals surface area contributed by atoms with Crippen LogP contribution < -0.4 is 10.6 Å². The van der Waals surface area contributed by atoms with Crippen molar-refractivity contribution in [2.24, 2.45) is 5.92 Å². The zero-order chi connectivity index (χ0) is 17.7. The number of oxazole rings is 1. The van der Waals surface area contributed by atoms with Crippen molar-refractivity contribution in [1.82, 2.24) is 15.6 Å². The van der Waals surface area contributed by atoms with Gasteiger partial charge in [0.25, 0.3) is 0 Å². The molecule has 24 heavy (non-hydrogen) atoms. The summed E-state index contributed by atoms with van der Waals surface area (Å²) in [6, 6.07) is 0.404. The molecular formula is C18H31N3O3. The third-order valence-corrected chi connectivity index (χ3v) is 4.29. The molecule has 0 bridgehead atoms. The predicted octanol–water partition coefficient (Wildman–Crippen LogP) is 3.72. The normalized spacial score (nSPS) is 22.9. The highest BCUT2D eigenvalue weighted by molar-refractivity contribution is 5.67. The maximum Gasteiger partial charge on any atom is 0.407 e. The lowest BCUT2D eigenvalue weighted by Crippen LogP contribution is -2.45. The molecule has 0 aromatic carbocycles. The van der Waals surface area contributed by atoms with Gasteiger partial charge in [0.1, 0.15) is 11.4 Å². The van der Waals surface area contributed by atoms with E-state index in [1.54, 1.807) is 6.20 Å². The van der Waals surface area contributed by atoms with Gasteiger partial charge in [-0.3, -0.25) is 0 Å². The number of carbonyl (C=O) groups excluding carboxylic acids is 1. The molecule has 1 aliphatic carbocycles. The van der Waals surface area contributed by atoms with Gasteiger partial charge in [-0.2, -0.15) is 0 Å². The van der Waals surface area contributed by atoms with Crippen molar-refractivity contribution in [3.05, 3.63) is 17.8 Å². The number of carbonyl (C=O) groups is 1. The monoisotopic (exact) mass is 337 g/mol. The number of ether oxygens (including phenoxy) is 1. The van der Waals surface area contributed by atoms with Gasteiger partial charge in [0.05, 0.1) is 12.2 Å². The van der Waals surface area contributed by atoms with Crippen LogP contribution in [0.3, 0.4) is 0 Å². The first kappa shape index (κ1) is 18.8. The van der Waals surface area contributed by atoms with Crippen LogP contribution in [0.5, 0.6) is 0 Å². The van der Waals surface area contributed by atoms with Crippen LogP contribution in [0, 0.1) is 12.8 Å². The lowest BCUT2D eigenvalue weighted by molar-refractivity contribution is 0.0509. The standard InChI is InChI=1S/C18H31N3O3/c1-12-10-19-16(23-12)13(2)21-15-9-7-6-8-14(15)11-20-17(22)24-18(3,4)5/h10,13-15,21H,6-9,11H2,1-5H3,(H,20,22). The Balaban J connectivity index is 1.87. The maximum absolute atomic E-state index is 11.9. The zero-order valence-electron chi connectivity index (χ0n) is 15.5. The summed E-state index contributed by atoms with van der Waals surface area (Å²) in [6.07, 6.45) is 6.01. The van der Waals surface area contributed by atoms with Gasteiger partial charge in [0.15, 0.2) is 0 Å². The summed E-state index contributed by atoms with van der Waals surface area (Å²) in [5, 5.41) is 6.54. The van der Waals surface area contributed by atoms with E-state index in [4.69, 9.17) is 9.15 Å². The number of alkyl carbamates (subject to hydrolysis) is 1. The molecule has 2 rings (SSSR count). The van der Waals surface area contributed by atoms with E-state index >= 15 is 0 Å². The van der Waals surface area contributed by atoms with E-state index in [0.29, 0.717) is 18.5 Å². The molecule has 2 N–H and O–H groups in total. The molecule has 0 aliphatic heterocycles. The zero-order valence-corrected chi connectivity index (χ0v) is 15.5. The van der Waals surface area contributed by atoms with Gasteiger partial charge in [-0.1, -0.05) is 12.8 Å². The fourth-order valence-electron chi connectivity index (χ4n) is 3.16. The Hall–Kier alpha value is -1.56. The Morgan fingerprint density at radius 3 is 2.75 bits per heavy atom. The second-order valence-corrected chi connectivity index (χ2v) is 7.73. The minimum Gasteiger partial charge on any atom is -0.444 e. The highest BCUT2D eigenvalue weighted by Crippen LogP contribution is 2.26. The van der Waals surface area contributed by atoms with Crippen LogP contribution in [0.1, 0.15) is 71.1 Å². The Bertz CT molecular complexity index is 536. The molecule has 1 aromatic heterocycles. The van der Waals surface area contributed by atoms with E-state index in [0.717, 1.165) is 24.5 Å². The average Bonchev–Trinajstić information content (AvgIpc) is 2.91.